The van der Waals surface area contributed by atoms with Gasteiger partial charge in [0.05, 0.1) is 17.1 Å². The Labute approximate surface area is 168 Å². The van der Waals surface area contributed by atoms with Gasteiger partial charge in [0.15, 0.2) is 0 Å². The van der Waals surface area contributed by atoms with E-state index in [0.717, 1.165) is 33.8 Å². The average Bonchev–Trinajstić information content (AvgIpc) is 3.32. The lowest BCUT2D eigenvalue weighted by Crippen LogP contribution is -2.32. The van der Waals surface area contributed by atoms with E-state index in [1.165, 1.54) is 6.33 Å². The molecule has 0 unspecified atom stereocenters. The first kappa shape index (κ1) is 19.0. The van der Waals surface area contributed by atoms with Gasteiger partial charge in [0.2, 0.25) is 5.91 Å². The fourth-order valence-electron chi connectivity index (χ4n) is 3.67. The number of aromatic amines is 1. The van der Waals surface area contributed by atoms with Crippen LogP contribution in [-0.2, 0) is 11.2 Å². The van der Waals surface area contributed by atoms with Gasteiger partial charge in [-0.3, -0.25) is 4.79 Å². The zero-order valence-electron chi connectivity index (χ0n) is 17.1. The van der Waals surface area contributed by atoms with E-state index in [4.69, 9.17) is 0 Å². The largest absolute Gasteiger partial charge is 0.346 e. The SMILES string of the molecule is Cc1nc2ncnn2c(C)c1CCC(=O)N[C@H](c1nc2ccccc2[nH]1)C(C)C. The van der Waals surface area contributed by atoms with E-state index in [2.05, 4.69) is 44.2 Å². The Morgan fingerprint density at radius 2 is 2.00 bits per heavy atom. The number of imidazole rings is 1. The maximum absolute atomic E-state index is 12.7. The third-order valence-corrected chi connectivity index (χ3v) is 5.28. The Balaban J connectivity index is 1.49. The second kappa shape index (κ2) is 7.62. The molecule has 0 aliphatic heterocycles. The summed E-state index contributed by atoms with van der Waals surface area (Å²) < 4.78 is 1.71. The van der Waals surface area contributed by atoms with Gasteiger partial charge in [0.25, 0.3) is 5.78 Å². The summed E-state index contributed by atoms with van der Waals surface area (Å²) in [5, 5.41) is 7.36. The van der Waals surface area contributed by atoms with E-state index in [9.17, 15) is 4.79 Å². The Morgan fingerprint density at radius 3 is 2.76 bits per heavy atom. The maximum atomic E-state index is 12.7. The summed E-state index contributed by atoms with van der Waals surface area (Å²) in [6, 6.07) is 7.71. The first-order valence-corrected chi connectivity index (χ1v) is 9.84. The van der Waals surface area contributed by atoms with Gasteiger partial charge in [0.1, 0.15) is 12.2 Å². The zero-order valence-corrected chi connectivity index (χ0v) is 17.1. The van der Waals surface area contributed by atoms with Crippen LogP contribution in [0.1, 0.15) is 49.1 Å². The van der Waals surface area contributed by atoms with Crippen molar-refractivity contribution in [3.8, 4) is 0 Å². The van der Waals surface area contributed by atoms with Crippen LogP contribution in [0.2, 0.25) is 0 Å². The lowest BCUT2D eigenvalue weighted by Gasteiger charge is -2.20. The molecule has 2 N–H and O–H groups in total. The third kappa shape index (κ3) is 3.70. The van der Waals surface area contributed by atoms with Crippen molar-refractivity contribution in [1.29, 1.82) is 0 Å². The Kier molecular flexibility index (Phi) is 5.00. The highest BCUT2D eigenvalue weighted by Crippen LogP contribution is 2.23. The number of hydrogen-bond acceptors (Lipinski definition) is 5. The molecular weight excluding hydrogens is 366 g/mol. The number of nitrogens with one attached hydrogen (secondary N) is 2. The van der Waals surface area contributed by atoms with Gasteiger partial charge in [0, 0.05) is 17.8 Å². The smallest absolute Gasteiger partial charge is 0.252 e. The number of benzene rings is 1. The molecule has 1 atom stereocenters. The summed E-state index contributed by atoms with van der Waals surface area (Å²) in [7, 11) is 0. The second-order valence-electron chi connectivity index (χ2n) is 7.66. The molecule has 0 aliphatic rings. The van der Waals surface area contributed by atoms with Crippen LogP contribution in [0.15, 0.2) is 30.6 Å². The number of para-hydroxylation sites is 2. The van der Waals surface area contributed by atoms with Crippen LogP contribution in [-0.4, -0.2) is 35.5 Å². The van der Waals surface area contributed by atoms with Gasteiger partial charge in [-0.05, 0) is 43.9 Å². The molecule has 8 nitrogen and oxygen atoms in total. The van der Waals surface area contributed by atoms with Gasteiger partial charge >= 0.3 is 0 Å². The van der Waals surface area contributed by atoms with Crippen LogP contribution in [0.25, 0.3) is 16.8 Å². The molecule has 0 spiro atoms. The fourth-order valence-corrected chi connectivity index (χ4v) is 3.67. The quantitative estimate of drug-likeness (QED) is 0.526. The van der Waals surface area contributed by atoms with Crippen LogP contribution >= 0.6 is 0 Å². The van der Waals surface area contributed by atoms with Crippen molar-refractivity contribution in [3.63, 3.8) is 0 Å². The predicted molar refractivity (Wildman–Crippen MR) is 110 cm³/mol. The molecular formula is C21H25N7O. The minimum Gasteiger partial charge on any atom is -0.346 e. The Hall–Kier alpha value is -3.29. The van der Waals surface area contributed by atoms with E-state index in [0.29, 0.717) is 18.6 Å². The lowest BCUT2D eigenvalue weighted by molar-refractivity contribution is -0.122. The summed E-state index contributed by atoms with van der Waals surface area (Å²) >= 11 is 0. The number of carbonyl (C=O) groups is 1. The van der Waals surface area contributed by atoms with Crippen LogP contribution < -0.4 is 5.32 Å². The number of H-pyrrole nitrogens is 1. The molecule has 0 bridgehead atoms. The molecule has 0 fully saturated rings. The predicted octanol–water partition coefficient (Wildman–Crippen LogP) is 3.06. The third-order valence-electron chi connectivity index (χ3n) is 5.28. The monoisotopic (exact) mass is 391 g/mol. The summed E-state index contributed by atoms with van der Waals surface area (Å²) in [6.07, 6.45) is 2.45. The molecule has 4 aromatic rings. The van der Waals surface area contributed by atoms with Gasteiger partial charge in [-0.15, -0.1) is 0 Å². The standard InChI is InChI=1S/C21H25N7O/c1-12(2)19(20-25-16-7-5-6-8-17(16)26-20)27-18(29)10-9-15-13(3)24-21-22-11-23-28(21)14(15)4/h5-8,11-12,19H,9-10H2,1-4H3,(H,25,26)(H,27,29)/t19-/m0/s1. The van der Waals surface area contributed by atoms with Crippen molar-refractivity contribution in [2.45, 2.75) is 46.6 Å². The second-order valence-corrected chi connectivity index (χ2v) is 7.66. The van der Waals surface area contributed by atoms with E-state index >= 15 is 0 Å². The molecule has 8 heteroatoms. The van der Waals surface area contributed by atoms with Crippen LogP contribution in [0.3, 0.4) is 0 Å². The van der Waals surface area contributed by atoms with E-state index in [1.807, 2.05) is 38.1 Å². The Morgan fingerprint density at radius 1 is 1.21 bits per heavy atom. The number of aromatic nitrogens is 6. The number of hydrogen-bond donors (Lipinski definition) is 2. The number of nitrogens with zero attached hydrogens (tertiary/aromatic N) is 5. The van der Waals surface area contributed by atoms with Crippen LogP contribution in [0, 0.1) is 19.8 Å². The minimum absolute atomic E-state index is 0.0124. The summed E-state index contributed by atoms with van der Waals surface area (Å²) in [5.41, 5.74) is 4.76. The minimum atomic E-state index is -0.173. The van der Waals surface area contributed by atoms with Crippen molar-refractivity contribution in [2.24, 2.45) is 5.92 Å². The molecule has 4 rings (SSSR count). The number of carbonyl (C=O) groups excluding carboxylic acids is 1. The van der Waals surface area contributed by atoms with Crippen molar-refractivity contribution in [2.75, 3.05) is 0 Å². The molecule has 0 saturated heterocycles. The van der Waals surface area contributed by atoms with E-state index in [1.54, 1.807) is 4.52 Å². The number of fused-ring (bicyclic) bond motifs is 2. The van der Waals surface area contributed by atoms with Crippen LogP contribution in [0.5, 0.6) is 0 Å². The molecule has 1 aromatic carbocycles. The topological polar surface area (TPSA) is 101 Å². The molecule has 0 aliphatic carbocycles. The average molecular weight is 391 g/mol. The van der Waals surface area contributed by atoms with Crippen molar-refractivity contribution >= 4 is 22.7 Å². The maximum Gasteiger partial charge on any atom is 0.252 e. The molecule has 3 heterocycles. The van der Waals surface area contributed by atoms with Gasteiger partial charge in [-0.2, -0.15) is 10.1 Å². The number of rotatable bonds is 6. The van der Waals surface area contributed by atoms with E-state index in [-0.39, 0.29) is 17.9 Å². The number of amides is 1. The normalized spacial score (nSPS) is 12.7. The van der Waals surface area contributed by atoms with Gasteiger partial charge < -0.3 is 10.3 Å². The Bertz CT molecular complexity index is 1140. The molecule has 0 saturated carbocycles. The summed E-state index contributed by atoms with van der Waals surface area (Å²) in [5.74, 6) is 1.56. The summed E-state index contributed by atoms with van der Waals surface area (Å²) in [6.45, 7) is 8.08. The molecule has 1 amide bonds. The number of aryl methyl sites for hydroxylation is 2. The van der Waals surface area contributed by atoms with Crippen LogP contribution in [0.4, 0.5) is 0 Å². The molecule has 0 radical (unpaired) electrons. The molecule has 3 aromatic heterocycles. The highest BCUT2D eigenvalue weighted by atomic mass is 16.1. The van der Waals surface area contributed by atoms with E-state index < -0.39 is 0 Å². The summed E-state index contributed by atoms with van der Waals surface area (Å²) in [4.78, 5) is 29.4. The van der Waals surface area contributed by atoms with Crippen molar-refractivity contribution < 1.29 is 4.79 Å². The highest BCUT2D eigenvalue weighted by molar-refractivity contribution is 5.78. The zero-order chi connectivity index (χ0) is 20.5. The lowest BCUT2D eigenvalue weighted by atomic mass is 10.0. The van der Waals surface area contributed by atoms with Crippen molar-refractivity contribution in [1.82, 2.24) is 34.9 Å². The highest BCUT2D eigenvalue weighted by Gasteiger charge is 2.22. The van der Waals surface area contributed by atoms with Crippen molar-refractivity contribution in [3.05, 3.63) is 53.4 Å². The molecule has 150 valence electrons. The molecule has 29 heavy (non-hydrogen) atoms. The van der Waals surface area contributed by atoms with Gasteiger partial charge in [-0.25, -0.2) is 14.5 Å². The first-order chi connectivity index (χ1) is 13.9. The fraction of sp³-hybridized carbons (Fsp3) is 0.381. The first-order valence-electron chi connectivity index (χ1n) is 9.84. The van der Waals surface area contributed by atoms with Gasteiger partial charge in [-0.1, -0.05) is 26.0 Å².